The summed E-state index contributed by atoms with van der Waals surface area (Å²) in [4.78, 5) is 9.87. The van der Waals surface area contributed by atoms with Crippen molar-refractivity contribution in [3.8, 4) is 0 Å². The second kappa shape index (κ2) is 3.14. The molecule has 0 atom stereocenters. The number of aliphatic carboxylic acids is 1. The van der Waals surface area contributed by atoms with Crippen molar-refractivity contribution in [1.29, 1.82) is 0 Å². The Morgan fingerprint density at radius 2 is 2.25 bits per heavy atom. The van der Waals surface area contributed by atoms with Gasteiger partial charge in [0.2, 0.25) is 0 Å². The Morgan fingerprint density at radius 1 is 1.88 bits per heavy atom. The van der Waals surface area contributed by atoms with Crippen molar-refractivity contribution < 1.29 is 25.5 Å². The maximum absolute atomic E-state index is 9.87. The molecule has 8 heavy (non-hydrogen) atoms. The molecule has 0 unspecified atom stereocenters. The van der Waals surface area contributed by atoms with Crippen LogP contribution in [0.3, 0.4) is 0 Å². The molecule has 0 radical (unpaired) electrons. The first-order chi connectivity index (χ1) is 3.55. The van der Waals surface area contributed by atoms with Gasteiger partial charge in [0.1, 0.15) is 0 Å². The molecule has 0 aromatic rings. The van der Waals surface area contributed by atoms with Gasteiger partial charge in [-0.3, -0.25) is 0 Å². The van der Waals surface area contributed by atoms with E-state index in [0.29, 0.717) is 0 Å². The number of hydrogen-bond acceptors (Lipinski definition) is 3. The Hall–Kier alpha value is 0.0395. The number of rotatable bonds is 2. The fourth-order valence-corrected chi connectivity index (χ4v) is 0.299. The van der Waals surface area contributed by atoms with Gasteiger partial charge in [0.25, 0.3) is 0 Å². The summed E-state index contributed by atoms with van der Waals surface area (Å²) in [6.45, 7) is 0. The average Bonchev–Trinajstić information content (AvgIpc) is 1.64. The second-order valence-electron chi connectivity index (χ2n) is 0.998. The molecule has 0 aliphatic carbocycles. The first-order valence-electron chi connectivity index (χ1n) is 1.62. The molecule has 0 spiro atoms. The van der Waals surface area contributed by atoms with E-state index in [1.165, 1.54) is 0 Å². The maximum atomic E-state index is 9.87. The van der Waals surface area contributed by atoms with Crippen molar-refractivity contribution in [2.75, 3.05) is 0 Å². The van der Waals surface area contributed by atoms with E-state index in [1.807, 2.05) is 0 Å². The molecule has 0 fully saturated rings. The fourth-order valence-electron chi connectivity index (χ4n) is 0.0856. The molecule has 0 amide bonds. The summed E-state index contributed by atoms with van der Waals surface area (Å²) in [5, 5.41) is 8.08. The molecule has 0 aromatic carbocycles. The first-order valence-corrected chi connectivity index (χ1v) is 2.62. The Kier molecular flexibility index (Phi) is 3.16. The van der Waals surface area contributed by atoms with Crippen LogP contribution in [0, 0.1) is 6.04 Å². The Bertz CT molecular complexity index is 112. The molecule has 0 bridgehead atoms. The minimum atomic E-state index is -1.19. The van der Waals surface area contributed by atoms with Crippen LogP contribution >= 0.6 is 12.6 Å². The van der Waals surface area contributed by atoms with Crippen LogP contribution < -0.4 is 5.73 Å². The molecule has 5 heteroatoms. The number of carboxylic acids is 1. The molecular weight excluding hydrogens is 170 g/mol. The average molecular weight is 174 g/mol. The van der Waals surface area contributed by atoms with Gasteiger partial charge in [-0.1, -0.05) is 0 Å². The molecule has 0 rings (SSSR count). The molecule has 0 saturated heterocycles. The van der Waals surface area contributed by atoms with Crippen LogP contribution in [-0.2, 0) is 20.4 Å². The van der Waals surface area contributed by atoms with Gasteiger partial charge in [-0.05, 0) is 0 Å². The van der Waals surface area contributed by atoms with E-state index in [0.717, 1.165) is 0 Å². The summed E-state index contributed by atoms with van der Waals surface area (Å²) < 4.78 is 0.0810. The summed E-state index contributed by atoms with van der Waals surface area (Å²) in [5.74, 6) is -1.19. The van der Waals surface area contributed by atoms with E-state index in [-0.39, 0.29) is 9.79 Å². The predicted octanol–water partition coefficient (Wildman–Crippen LogP) is -0.832. The van der Waals surface area contributed by atoms with Crippen LogP contribution in [0.15, 0.2) is 0 Å². The van der Waals surface area contributed by atoms with E-state index in [4.69, 9.17) is 10.8 Å². The number of nitrogens with two attached hydrogens (primary N) is 1. The molecule has 0 aliphatic rings. The normalized spacial score (nSPS) is 8.25. The molecule has 0 saturated carbocycles. The Morgan fingerprint density at radius 3 is 2.25 bits per heavy atom. The number of thiol groups is 1. The van der Waals surface area contributed by atoms with Gasteiger partial charge in [0, 0.05) is 0 Å². The van der Waals surface area contributed by atoms with E-state index in [1.54, 1.807) is 0 Å². The van der Waals surface area contributed by atoms with Crippen LogP contribution in [0.4, 0.5) is 0 Å². The van der Waals surface area contributed by atoms with Gasteiger partial charge in [0.05, 0.1) is 0 Å². The Labute approximate surface area is 60.0 Å². The van der Waals surface area contributed by atoms with Crippen LogP contribution in [-0.4, -0.2) is 14.8 Å². The van der Waals surface area contributed by atoms with E-state index < -0.39 is 5.97 Å². The summed E-state index contributed by atoms with van der Waals surface area (Å²) in [7, 11) is 0. The van der Waals surface area contributed by atoms with Crippen molar-refractivity contribution in [2.45, 2.75) is 0 Å². The van der Waals surface area contributed by atoms with Gasteiger partial charge in [0.15, 0.2) is 0 Å². The number of carbonyl (C=O) groups is 1. The van der Waals surface area contributed by atoms with Crippen molar-refractivity contribution in [1.82, 2.24) is 0 Å². The summed E-state index contributed by atoms with van der Waals surface area (Å²) in [5.41, 5.74) is 4.90. The predicted molar refractivity (Wildman–Crippen MR) is 29.1 cm³/mol. The zero-order valence-corrected chi connectivity index (χ0v) is 5.73. The molecule has 3 nitrogen and oxygen atoms in total. The summed E-state index contributed by atoms with van der Waals surface area (Å²) in [6.07, 6.45) is 0. The van der Waals surface area contributed by atoms with E-state index >= 15 is 0 Å². The van der Waals surface area contributed by atoms with Crippen LogP contribution in [0.1, 0.15) is 0 Å². The van der Waals surface area contributed by atoms with Gasteiger partial charge in [-0.15, -0.1) is 0 Å². The fraction of sp³-hybridized carbons (Fsp3) is 0. The number of hydrogen-bond donors (Lipinski definition) is 3. The molecule has 0 heterocycles. The topological polar surface area (TPSA) is 63.3 Å². The van der Waals surface area contributed by atoms with E-state index in [2.05, 4.69) is 28.2 Å². The minimum absolute atomic E-state index is 0.0810. The van der Waals surface area contributed by atoms with Crippen molar-refractivity contribution in [3.05, 3.63) is 6.04 Å². The monoisotopic (exact) mass is 174 g/mol. The Balaban J connectivity index is 3.83. The zero-order valence-electron chi connectivity index (χ0n) is 3.73. The third-order valence-corrected chi connectivity index (χ3v) is 0.984. The van der Waals surface area contributed by atoms with Crippen LogP contribution in [0.5, 0.6) is 0 Å². The van der Waals surface area contributed by atoms with Gasteiger partial charge in [-0.2, -0.15) is 0 Å². The van der Waals surface area contributed by atoms with Crippen molar-refractivity contribution in [3.63, 3.8) is 0 Å². The first kappa shape index (κ1) is 8.04. The van der Waals surface area contributed by atoms with Crippen LogP contribution in [0.25, 0.3) is 0 Å². The third-order valence-electron chi connectivity index (χ3n) is 0.446. The third kappa shape index (κ3) is 2.37. The number of carboxylic acid groups (broad SMARTS) is 1. The molecule has 47 valence electrons. The van der Waals surface area contributed by atoms with Crippen molar-refractivity contribution in [2.24, 2.45) is 5.73 Å². The SMILES string of the molecule is N[C-](C(=O)O)[C](S)=[Fe+]. The molecule has 3 N–H and O–H groups in total. The molecule has 0 aliphatic heterocycles. The molecule has 0 aromatic heterocycles. The van der Waals surface area contributed by atoms with Gasteiger partial charge >= 0.3 is 59.6 Å². The standard InChI is InChI=1S/C3H4NO2S.Fe/c4-2(1-7)3(5)6;/h7H,4H2,(H,5,6);/q-1;+1. The quantitative estimate of drug-likeness (QED) is 0.291. The summed E-state index contributed by atoms with van der Waals surface area (Å²) >= 11 is 6.79. The zero-order chi connectivity index (χ0) is 6.73. The van der Waals surface area contributed by atoms with Gasteiger partial charge in [-0.25, -0.2) is 0 Å². The van der Waals surface area contributed by atoms with Gasteiger partial charge < -0.3 is 0 Å². The molecular formula is C3H4FeNO2S. The second-order valence-corrected chi connectivity index (χ2v) is 2.40. The van der Waals surface area contributed by atoms with Crippen LogP contribution in [0.2, 0.25) is 0 Å². The van der Waals surface area contributed by atoms with Crippen molar-refractivity contribution >= 4 is 22.3 Å². The summed E-state index contributed by atoms with van der Waals surface area (Å²) in [6, 6.07) is -0.312. The van der Waals surface area contributed by atoms with E-state index in [9.17, 15) is 4.79 Å².